The summed E-state index contributed by atoms with van der Waals surface area (Å²) in [6.45, 7) is 3.29. The van der Waals surface area contributed by atoms with Gasteiger partial charge in [0.05, 0.1) is 6.34 Å². The van der Waals surface area contributed by atoms with Crippen molar-refractivity contribution in [2.24, 2.45) is 10.7 Å². The van der Waals surface area contributed by atoms with E-state index >= 15 is 0 Å². The highest BCUT2D eigenvalue weighted by Crippen LogP contribution is 1.62. The Morgan fingerprint density at radius 1 is 1.67 bits per heavy atom. The second kappa shape index (κ2) is 15.7. The average molecular weight is 131 g/mol. The molecule has 0 unspecified atom stereocenters. The van der Waals surface area contributed by atoms with Crippen molar-refractivity contribution >= 4 is 6.34 Å². The van der Waals surface area contributed by atoms with Crippen LogP contribution in [0.2, 0.25) is 0 Å². The quantitative estimate of drug-likeness (QED) is 0.416. The Bertz CT molecular complexity index is 46.3. The van der Waals surface area contributed by atoms with Gasteiger partial charge in [-0.05, 0) is 20.0 Å². The van der Waals surface area contributed by atoms with E-state index in [1.165, 1.54) is 12.8 Å². The van der Waals surface area contributed by atoms with Crippen molar-refractivity contribution < 1.29 is 0 Å². The molecule has 0 aromatic heterocycles. The number of nitrogens with zero attached hydrogens (tertiary/aromatic N) is 1. The van der Waals surface area contributed by atoms with Crippen LogP contribution in [-0.4, -0.2) is 27.0 Å². The molecule has 0 aliphatic heterocycles. The van der Waals surface area contributed by atoms with E-state index in [1.54, 1.807) is 7.05 Å². The van der Waals surface area contributed by atoms with Gasteiger partial charge in [-0.1, -0.05) is 6.92 Å². The summed E-state index contributed by atoms with van der Waals surface area (Å²) in [5.74, 6) is 0. The Kier molecular flexibility index (Phi) is 19.6. The standard InChI is InChI=1S/C4H11N.C2H6N2/c1-3-4-5-2;1-4-2-3/h5H,3-4H2,1-2H3;2H,1H3,(H2,3,4). The molecule has 0 spiro atoms. The van der Waals surface area contributed by atoms with Crippen molar-refractivity contribution in [3.8, 4) is 0 Å². The molecule has 0 saturated carbocycles. The number of nitrogens with one attached hydrogen (secondary N) is 1. The van der Waals surface area contributed by atoms with Crippen LogP contribution >= 0.6 is 0 Å². The molecular weight excluding hydrogens is 114 g/mol. The number of rotatable bonds is 2. The molecule has 3 N–H and O–H groups in total. The van der Waals surface area contributed by atoms with Gasteiger partial charge >= 0.3 is 0 Å². The summed E-state index contributed by atoms with van der Waals surface area (Å²) in [6, 6.07) is 0. The lowest BCUT2D eigenvalue weighted by atomic mass is 10.5. The van der Waals surface area contributed by atoms with Gasteiger partial charge in [-0.3, -0.25) is 4.99 Å². The molecule has 0 aliphatic rings. The second-order valence-corrected chi connectivity index (χ2v) is 1.51. The summed E-state index contributed by atoms with van der Waals surface area (Å²) >= 11 is 0. The number of hydrogen-bond donors (Lipinski definition) is 2. The van der Waals surface area contributed by atoms with Crippen molar-refractivity contribution in [1.29, 1.82) is 0 Å². The summed E-state index contributed by atoms with van der Waals surface area (Å²) in [4.78, 5) is 3.39. The number of aliphatic imine (C=N–C) groups is 1. The molecule has 0 saturated heterocycles. The first kappa shape index (κ1) is 11.3. The van der Waals surface area contributed by atoms with E-state index < -0.39 is 0 Å². The van der Waals surface area contributed by atoms with E-state index in [2.05, 4.69) is 17.2 Å². The summed E-state index contributed by atoms with van der Waals surface area (Å²) < 4.78 is 0. The van der Waals surface area contributed by atoms with E-state index in [4.69, 9.17) is 5.73 Å². The van der Waals surface area contributed by atoms with Gasteiger partial charge in [-0.2, -0.15) is 0 Å². The fourth-order valence-corrected chi connectivity index (χ4v) is 0.250. The minimum Gasteiger partial charge on any atom is -0.390 e. The minimum absolute atomic E-state index is 1.14. The van der Waals surface area contributed by atoms with Gasteiger partial charge in [0.2, 0.25) is 0 Å². The van der Waals surface area contributed by atoms with Crippen molar-refractivity contribution in [3.63, 3.8) is 0 Å². The van der Waals surface area contributed by atoms with Crippen LogP contribution in [0.5, 0.6) is 0 Å². The molecule has 0 amide bonds. The summed E-state index contributed by atoms with van der Waals surface area (Å²) in [7, 11) is 3.59. The first-order valence-corrected chi connectivity index (χ1v) is 3.10. The van der Waals surface area contributed by atoms with Gasteiger partial charge in [0.15, 0.2) is 0 Å². The van der Waals surface area contributed by atoms with E-state index in [0.717, 1.165) is 6.54 Å². The fraction of sp³-hybridized carbons (Fsp3) is 0.833. The van der Waals surface area contributed by atoms with Crippen LogP contribution in [-0.2, 0) is 0 Å². The van der Waals surface area contributed by atoms with Crippen LogP contribution in [0.25, 0.3) is 0 Å². The predicted molar refractivity (Wildman–Crippen MR) is 42.8 cm³/mol. The monoisotopic (exact) mass is 131 g/mol. The predicted octanol–water partition coefficient (Wildman–Crippen LogP) is 0.219. The Morgan fingerprint density at radius 3 is 2.11 bits per heavy atom. The molecule has 3 nitrogen and oxygen atoms in total. The van der Waals surface area contributed by atoms with E-state index in [1.807, 2.05) is 7.05 Å². The van der Waals surface area contributed by atoms with E-state index in [0.29, 0.717) is 0 Å². The molecular formula is C6H17N3. The van der Waals surface area contributed by atoms with Crippen LogP contribution in [0.3, 0.4) is 0 Å². The fourth-order valence-electron chi connectivity index (χ4n) is 0.250. The average Bonchev–Trinajstić information content (AvgIpc) is 1.91. The van der Waals surface area contributed by atoms with Crippen molar-refractivity contribution in [1.82, 2.24) is 5.32 Å². The van der Waals surface area contributed by atoms with Gasteiger partial charge in [-0.25, -0.2) is 0 Å². The molecule has 0 aliphatic carbocycles. The maximum atomic E-state index is 4.74. The zero-order valence-corrected chi connectivity index (χ0v) is 6.52. The van der Waals surface area contributed by atoms with Crippen molar-refractivity contribution in [2.45, 2.75) is 13.3 Å². The Labute approximate surface area is 57.4 Å². The van der Waals surface area contributed by atoms with Crippen LogP contribution < -0.4 is 11.1 Å². The third-order valence-electron chi connectivity index (χ3n) is 0.649. The maximum Gasteiger partial charge on any atom is 0.0794 e. The first-order chi connectivity index (χ1) is 4.33. The lowest BCUT2D eigenvalue weighted by Gasteiger charge is -1.84. The van der Waals surface area contributed by atoms with Crippen LogP contribution in [0.1, 0.15) is 13.3 Å². The molecule has 3 heteroatoms. The summed E-state index contributed by atoms with van der Waals surface area (Å²) in [5, 5.41) is 3.02. The topological polar surface area (TPSA) is 50.4 Å². The van der Waals surface area contributed by atoms with Gasteiger partial charge in [-0.15, -0.1) is 0 Å². The molecule has 0 atom stereocenters. The largest absolute Gasteiger partial charge is 0.390 e. The Hall–Kier alpha value is -0.570. The molecule has 0 bridgehead atoms. The van der Waals surface area contributed by atoms with Crippen molar-refractivity contribution in [2.75, 3.05) is 20.6 Å². The zero-order chi connectivity index (χ0) is 7.54. The van der Waals surface area contributed by atoms with Crippen LogP contribution in [0.4, 0.5) is 0 Å². The lowest BCUT2D eigenvalue weighted by molar-refractivity contribution is 0.772. The molecule has 0 radical (unpaired) electrons. The molecule has 0 heterocycles. The minimum atomic E-state index is 1.14. The maximum absolute atomic E-state index is 4.74. The third kappa shape index (κ3) is 37.1. The third-order valence-corrected chi connectivity index (χ3v) is 0.649. The first-order valence-electron chi connectivity index (χ1n) is 3.10. The molecule has 0 fully saturated rings. The summed E-state index contributed by atoms with van der Waals surface area (Å²) in [6.07, 6.45) is 2.48. The molecule has 9 heavy (non-hydrogen) atoms. The molecule has 0 aromatic rings. The molecule has 0 aromatic carbocycles. The molecule has 0 rings (SSSR count). The normalized spacial score (nSPS) is 8.78. The Morgan fingerprint density at radius 2 is 2.11 bits per heavy atom. The smallest absolute Gasteiger partial charge is 0.0794 e. The van der Waals surface area contributed by atoms with Crippen molar-refractivity contribution in [3.05, 3.63) is 0 Å². The number of nitrogens with two attached hydrogens (primary N) is 1. The SMILES string of the molecule is CCCNC.CN=CN. The highest BCUT2D eigenvalue weighted by atomic mass is 14.8. The second-order valence-electron chi connectivity index (χ2n) is 1.51. The van der Waals surface area contributed by atoms with Gasteiger partial charge < -0.3 is 11.1 Å². The van der Waals surface area contributed by atoms with Gasteiger partial charge in [0.1, 0.15) is 0 Å². The summed E-state index contributed by atoms with van der Waals surface area (Å²) in [5.41, 5.74) is 4.74. The van der Waals surface area contributed by atoms with Gasteiger partial charge in [0, 0.05) is 7.05 Å². The zero-order valence-electron chi connectivity index (χ0n) is 6.52. The molecule has 56 valence electrons. The van der Waals surface area contributed by atoms with E-state index in [-0.39, 0.29) is 0 Å². The van der Waals surface area contributed by atoms with Crippen LogP contribution in [0.15, 0.2) is 4.99 Å². The highest BCUT2D eigenvalue weighted by Gasteiger charge is 1.64. The Balaban J connectivity index is 0. The number of hydrogen-bond acceptors (Lipinski definition) is 2. The lowest BCUT2D eigenvalue weighted by Crippen LogP contribution is -2.04. The van der Waals surface area contributed by atoms with Gasteiger partial charge in [0.25, 0.3) is 0 Å². The van der Waals surface area contributed by atoms with E-state index in [9.17, 15) is 0 Å². The highest BCUT2D eigenvalue weighted by molar-refractivity contribution is 5.50. The van der Waals surface area contributed by atoms with Crippen LogP contribution in [0, 0.1) is 0 Å².